The summed E-state index contributed by atoms with van der Waals surface area (Å²) >= 11 is 5.49. The van der Waals surface area contributed by atoms with Gasteiger partial charge >= 0.3 is 0 Å². The molecule has 0 aliphatic carbocycles. The highest BCUT2D eigenvalue weighted by Gasteiger charge is 2.28. The number of aryl methyl sites for hydroxylation is 2. The zero-order valence-electron chi connectivity index (χ0n) is 15.4. The Labute approximate surface area is 165 Å². The third-order valence-corrected chi connectivity index (χ3v) is 7.21. The molecule has 8 heteroatoms. The van der Waals surface area contributed by atoms with Gasteiger partial charge in [-0.05, 0) is 37.6 Å². The van der Waals surface area contributed by atoms with Crippen molar-refractivity contribution in [1.29, 1.82) is 5.26 Å². The molecule has 0 atom stereocenters. The second kappa shape index (κ2) is 7.90. The molecule has 0 saturated carbocycles. The summed E-state index contributed by atoms with van der Waals surface area (Å²) in [6.07, 6.45) is 0. The molecule has 1 aliphatic rings. The van der Waals surface area contributed by atoms with Gasteiger partial charge in [-0.15, -0.1) is 0 Å². The molecule has 1 fully saturated rings. The molecule has 2 heterocycles. The highest BCUT2D eigenvalue weighted by Crippen LogP contribution is 2.19. The maximum absolute atomic E-state index is 12.7. The highest BCUT2D eigenvalue weighted by atomic mass is 32.2. The molecule has 0 radical (unpaired) electrons. The van der Waals surface area contributed by atoms with Crippen LogP contribution in [-0.4, -0.2) is 48.4 Å². The number of hydrogen-bond acceptors (Lipinski definition) is 5. The van der Waals surface area contributed by atoms with Gasteiger partial charge in [0.05, 0.1) is 17.1 Å². The van der Waals surface area contributed by atoms with E-state index in [1.54, 1.807) is 30.3 Å². The predicted octanol–water partition coefficient (Wildman–Crippen LogP) is 2.67. The van der Waals surface area contributed by atoms with E-state index in [1.165, 1.54) is 4.31 Å². The lowest BCUT2D eigenvalue weighted by atomic mass is 10.1. The van der Waals surface area contributed by atoms with Crippen molar-refractivity contribution in [3.63, 3.8) is 0 Å². The van der Waals surface area contributed by atoms with Crippen LogP contribution in [0.25, 0.3) is 0 Å². The number of benzene rings is 1. The minimum atomic E-state index is -3.45. The van der Waals surface area contributed by atoms with Crippen LogP contribution in [-0.2, 0) is 16.7 Å². The fourth-order valence-corrected chi connectivity index (χ4v) is 5.14. The number of nitrogens with zero attached hydrogens (tertiary/aromatic N) is 4. The molecule has 6 nitrogen and oxygen atoms in total. The van der Waals surface area contributed by atoms with Gasteiger partial charge in [-0.2, -0.15) is 9.57 Å². The van der Waals surface area contributed by atoms with Crippen molar-refractivity contribution in [1.82, 2.24) is 13.8 Å². The standard InChI is InChI=1S/C19H22N4O2S2/c1-15-12-16(2)23(19(26)18(15)13-20)14-21-8-10-22(11-9-21)27(24,25)17-6-4-3-5-7-17/h3-7,12H,8-11,14H2,1-2H3. The Hall–Kier alpha value is -2.05. The van der Waals surface area contributed by atoms with E-state index in [9.17, 15) is 13.7 Å². The van der Waals surface area contributed by atoms with Gasteiger partial charge in [-0.3, -0.25) is 4.90 Å². The molecule has 1 aliphatic heterocycles. The van der Waals surface area contributed by atoms with Crippen LogP contribution in [0.15, 0.2) is 41.3 Å². The van der Waals surface area contributed by atoms with E-state index >= 15 is 0 Å². The molecule has 142 valence electrons. The lowest BCUT2D eigenvalue weighted by Crippen LogP contribution is -2.49. The first-order valence-corrected chi connectivity index (χ1v) is 10.6. The van der Waals surface area contributed by atoms with E-state index in [-0.39, 0.29) is 0 Å². The van der Waals surface area contributed by atoms with Crippen LogP contribution in [0.3, 0.4) is 0 Å². The van der Waals surface area contributed by atoms with E-state index in [0.29, 0.717) is 47.9 Å². The normalized spacial score (nSPS) is 16.2. The Bertz CT molecular complexity index is 1030. The number of rotatable bonds is 4. The van der Waals surface area contributed by atoms with Crippen LogP contribution < -0.4 is 0 Å². The topological polar surface area (TPSA) is 69.3 Å². The smallest absolute Gasteiger partial charge is 0.243 e. The van der Waals surface area contributed by atoms with Crippen molar-refractivity contribution in [3.8, 4) is 6.07 Å². The van der Waals surface area contributed by atoms with Gasteiger partial charge in [0.15, 0.2) is 0 Å². The van der Waals surface area contributed by atoms with Crippen molar-refractivity contribution in [2.24, 2.45) is 0 Å². The van der Waals surface area contributed by atoms with Gasteiger partial charge in [0.2, 0.25) is 10.0 Å². The SMILES string of the molecule is Cc1cc(C)n(CN2CCN(S(=O)(=O)c3ccccc3)CC2)c(=S)c1C#N. The van der Waals surface area contributed by atoms with Gasteiger partial charge in [-0.25, -0.2) is 8.42 Å². The van der Waals surface area contributed by atoms with Crippen LogP contribution in [0.1, 0.15) is 16.8 Å². The Kier molecular flexibility index (Phi) is 5.77. The highest BCUT2D eigenvalue weighted by molar-refractivity contribution is 7.89. The lowest BCUT2D eigenvalue weighted by molar-refractivity contribution is 0.150. The second-order valence-electron chi connectivity index (χ2n) is 6.67. The van der Waals surface area contributed by atoms with E-state index in [4.69, 9.17) is 12.2 Å². The zero-order valence-corrected chi connectivity index (χ0v) is 17.1. The van der Waals surface area contributed by atoms with Crippen LogP contribution in [0, 0.1) is 29.8 Å². The third kappa shape index (κ3) is 3.96. The monoisotopic (exact) mass is 402 g/mol. The average molecular weight is 403 g/mol. The second-order valence-corrected chi connectivity index (χ2v) is 8.99. The number of aromatic nitrogens is 1. The molecule has 1 saturated heterocycles. The van der Waals surface area contributed by atoms with Crippen molar-refractivity contribution in [3.05, 3.63) is 57.9 Å². The number of sulfonamides is 1. The molecule has 27 heavy (non-hydrogen) atoms. The fraction of sp³-hybridized carbons (Fsp3) is 0.368. The minimum Gasteiger partial charge on any atom is -0.322 e. The summed E-state index contributed by atoms with van der Waals surface area (Å²) in [5, 5.41) is 9.34. The Morgan fingerprint density at radius 3 is 2.33 bits per heavy atom. The molecule has 0 bridgehead atoms. The lowest BCUT2D eigenvalue weighted by Gasteiger charge is -2.34. The Morgan fingerprint density at radius 2 is 1.74 bits per heavy atom. The summed E-state index contributed by atoms with van der Waals surface area (Å²) in [7, 11) is -3.45. The number of nitriles is 1. The molecule has 0 N–H and O–H groups in total. The molecule has 3 rings (SSSR count). The van der Waals surface area contributed by atoms with Crippen LogP contribution in [0.2, 0.25) is 0 Å². The predicted molar refractivity (Wildman–Crippen MR) is 106 cm³/mol. The van der Waals surface area contributed by atoms with Gasteiger partial charge in [0.1, 0.15) is 10.7 Å². The van der Waals surface area contributed by atoms with E-state index < -0.39 is 10.0 Å². The summed E-state index contributed by atoms with van der Waals surface area (Å²) in [6, 6.07) is 12.7. The first kappa shape index (κ1) is 19.7. The van der Waals surface area contributed by atoms with E-state index in [2.05, 4.69) is 11.0 Å². The molecule has 0 spiro atoms. The molecule has 0 unspecified atom stereocenters. The maximum Gasteiger partial charge on any atom is 0.243 e. The van der Waals surface area contributed by atoms with Gasteiger partial charge in [0, 0.05) is 31.9 Å². The van der Waals surface area contributed by atoms with Gasteiger partial charge in [0.25, 0.3) is 0 Å². The van der Waals surface area contributed by atoms with Crippen molar-refractivity contribution in [2.75, 3.05) is 26.2 Å². The number of pyridine rings is 1. The molecule has 1 aromatic heterocycles. The summed E-state index contributed by atoms with van der Waals surface area (Å²) in [6.45, 7) is 6.50. The minimum absolute atomic E-state index is 0.328. The third-order valence-electron chi connectivity index (χ3n) is 4.87. The number of hydrogen-bond donors (Lipinski definition) is 0. The van der Waals surface area contributed by atoms with Gasteiger partial charge in [-0.1, -0.05) is 30.4 Å². The van der Waals surface area contributed by atoms with Crippen molar-refractivity contribution in [2.45, 2.75) is 25.4 Å². The quantitative estimate of drug-likeness (QED) is 0.736. The number of piperazine rings is 1. The average Bonchev–Trinajstić information content (AvgIpc) is 2.66. The zero-order chi connectivity index (χ0) is 19.6. The Morgan fingerprint density at radius 1 is 1.11 bits per heavy atom. The van der Waals surface area contributed by atoms with Crippen molar-refractivity contribution < 1.29 is 8.42 Å². The summed E-state index contributed by atoms with van der Waals surface area (Å²) < 4.78 is 29.5. The van der Waals surface area contributed by atoms with Crippen LogP contribution in [0.4, 0.5) is 0 Å². The Balaban J connectivity index is 1.73. The van der Waals surface area contributed by atoms with Crippen LogP contribution in [0.5, 0.6) is 0 Å². The molecular weight excluding hydrogens is 380 g/mol. The van der Waals surface area contributed by atoms with Gasteiger partial charge < -0.3 is 4.57 Å². The first-order chi connectivity index (χ1) is 12.8. The maximum atomic E-state index is 12.7. The summed E-state index contributed by atoms with van der Waals surface area (Å²) in [4.78, 5) is 2.49. The summed E-state index contributed by atoms with van der Waals surface area (Å²) in [5.74, 6) is 0. The largest absolute Gasteiger partial charge is 0.322 e. The first-order valence-electron chi connectivity index (χ1n) is 8.73. The molecule has 1 aromatic carbocycles. The van der Waals surface area contributed by atoms with E-state index in [1.807, 2.05) is 24.5 Å². The molecular formula is C19H22N4O2S2. The molecule has 2 aromatic rings. The van der Waals surface area contributed by atoms with E-state index in [0.717, 1.165) is 11.3 Å². The summed E-state index contributed by atoms with van der Waals surface area (Å²) in [5.41, 5.74) is 2.41. The fourth-order valence-electron chi connectivity index (χ4n) is 3.29. The van der Waals surface area contributed by atoms with Crippen LogP contribution >= 0.6 is 12.2 Å². The molecule has 0 amide bonds. The van der Waals surface area contributed by atoms with Crippen molar-refractivity contribution >= 4 is 22.2 Å².